The fraction of sp³-hybridized carbons (Fsp3) is 0.200. The molecule has 0 spiro atoms. The smallest absolute Gasteiger partial charge is 0.266 e. The fourth-order valence-corrected chi connectivity index (χ4v) is 3.42. The van der Waals surface area contributed by atoms with Gasteiger partial charge in [0.2, 0.25) is 0 Å². The molecule has 2 aromatic carbocycles. The standard InChI is InChI=1S/C25H25N3O/c1-5-20-10-12-23(13-11-20)28-18(3)14-21(19(28)4)15-22(16-26)25(29)27-24-9-7-6-8-17(24)2/h6-15H,5H2,1-4H3,(H,27,29)/b22-15+. The van der Waals surface area contributed by atoms with E-state index in [1.807, 2.05) is 57.2 Å². The van der Waals surface area contributed by atoms with Crippen LogP contribution in [0.4, 0.5) is 5.69 Å². The summed E-state index contributed by atoms with van der Waals surface area (Å²) in [5, 5.41) is 12.4. The van der Waals surface area contributed by atoms with Crippen LogP contribution in [0.25, 0.3) is 11.8 Å². The van der Waals surface area contributed by atoms with Gasteiger partial charge in [0.25, 0.3) is 5.91 Å². The number of anilines is 1. The Morgan fingerprint density at radius 3 is 2.41 bits per heavy atom. The number of aryl methyl sites for hydroxylation is 3. The summed E-state index contributed by atoms with van der Waals surface area (Å²) in [6, 6.07) is 20.0. The summed E-state index contributed by atoms with van der Waals surface area (Å²) in [5.74, 6) is -0.404. The minimum atomic E-state index is -0.404. The number of benzene rings is 2. The lowest BCUT2D eigenvalue weighted by molar-refractivity contribution is -0.112. The summed E-state index contributed by atoms with van der Waals surface area (Å²) in [4.78, 5) is 12.6. The van der Waals surface area contributed by atoms with Crippen LogP contribution in [0.1, 0.15) is 35.0 Å². The number of hydrogen-bond donors (Lipinski definition) is 1. The van der Waals surface area contributed by atoms with Gasteiger partial charge in [0.15, 0.2) is 0 Å². The molecule has 29 heavy (non-hydrogen) atoms. The predicted octanol–water partition coefficient (Wildman–Crippen LogP) is 5.51. The first-order valence-corrected chi connectivity index (χ1v) is 9.71. The van der Waals surface area contributed by atoms with Crippen molar-refractivity contribution in [1.29, 1.82) is 5.26 Å². The molecule has 4 nitrogen and oxygen atoms in total. The number of hydrogen-bond acceptors (Lipinski definition) is 2. The molecule has 1 heterocycles. The van der Waals surface area contributed by atoms with E-state index in [0.717, 1.165) is 34.6 Å². The number of amides is 1. The molecule has 0 radical (unpaired) electrons. The molecule has 1 aromatic heterocycles. The van der Waals surface area contributed by atoms with E-state index in [0.29, 0.717) is 5.69 Å². The largest absolute Gasteiger partial charge is 0.321 e. The van der Waals surface area contributed by atoms with Gasteiger partial charge in [0.1, 0.15) is 11.6 Å². The molecule has 0 aliphatic rings. The molecule has 3 aromatic rings. The maximum atomic E-state index is 12.6. The second-order valence-corrected chi connectivity index (χ2v) is 7.12. The van der Waals surface area contributed by atoms with E-state index in [1.165, 1.54) is 5.56 Å². The monoisotopic (exact) mass is 383 g/mol. The third-order valence-corrected chi connectivity index (χ3v) is 5.13. The minimum Gasteiger partial charge on any atom is -0.321 e. The van der Waals surface area contributed by atoms with E-state index in [1.54, 1.807) is 6.08 Å². The van der Waals surface area contributed by atoms with E-state index in [-0.39, 0.29) is 5.57 Å². The fourth-order valence-electron chi connectivity index (χ4n) is 3.42. The zero-order valence-corrected chi connectivity index (χ0v) is 17.3. The van der Waals surface area contributed by atoms with Gasteiger partial charge < -0.3 is 9.88 Å². The first kappa shape index (κ1) is 20.2. The molecule has 0 unspecified atom stereocenters. The quantitative estimate of drug-likeness (QED) is 0.466. The van der Waals surface area contributed by atoms with Crippen molar-refractivity contribution in [3.8, 4) is 11.8 Å². The van der Waals surface area contributed by atoms with Gasteiger partial charge in [-0.2, -0.15) is 5.26 Å². The normalized spacial score (nSPS) is 11.2. The van der Waals surface area contributed by atoms with Crippen LogP contribution in [0.2, 0.25) is 0 Å². The van der Waals surface area contributed by atoms with Crippen LogP contribution in [0.3, 0.4) is 0 Å². The van der Waals surface area contributed by atoms with Gasteiger partial charge in [-0.25, -0.2) is 0 Å². The van der Waals surface area contributed by atoms with Gasteiger partial charge >= 0.3 is 0 Å². The Bertz CT molecular complexity index is 1110. The molecular formula is C25H25N3O. The Morgan fingerprint density at radius 1 is 1.10 bits per heavy atom. The van der Waals surface area contributed by atoms with Crippen LogP contribution >= 0.6 is 0 Å². The third-order valence-electron chi connectivity index (χ3n) is 5.13. The van der Waals surface area contributed by atoms with Gasteiger partial charge in [-0.05, 0) is 74.2 Å². The lowest BCUT2D eigenvalue weighted by Gasteiger charge is -2.10. The number of nitriles is 1. The number of aromatic nitrogens is 1. The molecule has 146 valence electrons. The molecule has 0 bridgehead atoms. The number of rotatable bonds is 5. The van der Waals surface area contributed by atoms with Gasteiger partial charge in [-0.3, -0.25) is 4.79 Å². The Hall–Kier alpha value is -3.58. The van der Waals surface area contributed by atoms with Gasteiger partial charge in [0.05, 0.1) is 0 Å². The predicted molar refractivity (Wildman–Crippen MR) is 118 cm³/mol. The maximum Gasteiger partial charge on any atom is 0.266 e. The molecule has 0 atom stereocenters. The van der Waals surface area contributed by atoms with Crippen molar-refractivity contribution >= 4 is 17.7 Å². The topological polar surface area (TPSA) is 57.8 Å². The molecule has 0 aliphatic carbocycles. The van der Waals surface area contributed by atoms with Crippen LogP contribution in [-0.4, -0.2) is 10.5 Å². The molecular weight excluding hydrogens is 358 g/mol. The van der Waals surface area contributed by atoms with Crippen molar-refractivity contribution in [2.24, 2.45) is 0 Å². The Labute approximate surface area is 172 Å². The summed E-state index contributed by atoms with van der Waals surface area (Å²) >= 11 is 0. The van der Waals surface area contributed by atoms with E-state index in [2.05, 4.69) is 41.1 Å². The zero-order chi connectivity index (χ0) is 21.0. The van der Waals surface area contributed by atoms with Crippen molar-refractivity contribution in [2.45, 2.75) is 34.1 Å². The first-order valence-electron chi connectivity index (χ1n) is 9.71. The zero-order valence-electron chi connectivity index (χ0n) is 17.3. The summed E-state index contributed by atoms with van der Waals surface area (Å²) in [6.45, 7) is 8.08. The van der Waals surface area contributed by atoms with Crippen LogP contribution in [0.5, 0.6) is 0 Å². The Kier molecular flexibility index (Phi) is 5.99. The summed E-state index contributed by atoms with van der Waals surface area (Å²) in [6.07, 6.45) is 2.66. The first-order chi connectivity index (χ1) is 13.9. The summed E-state index contributed by atoms with van der Waals surface area (Å²) < 4.78 is 2.14. The Morgan fingerprint density at radius 2 is 1.79 bits per heavy atom. The number of para-hydroxylation sites is 1. The van der Waals surface area contributed by atoms with Crippen LogP contribution in [0, 0.1) is 32.1 Å². The van der Waals surface area contributed by atoms with Crippen molar-refractivity contribution in [1.82, 2.24) is 4.57 Å². The van der Waals surface area contributed by atoms with Crippen molar-refractivity contribution in [3.63, 3.8) is 0 Å². The molecule has 4 heteroatoms. The van der Waals surface area contributed by atoms with Crippen molar-refractivity contribution in [3.05, 3.63) is 88.2 Å². The molecule has 0 saturated heterocycles. The highest BCUT2D eigenvalue weighted by atomic mass is 16.1. The lowest BCUT2D eigenvalue weighted by atomic mass is 10.1. The second kappa shape index (κ2) is 8.62. The van der Waals surface area contributed by atoms with Crippen LogP contribution < -0.4 is 5.32 Å². The molecule has 0 fully saturated rings. The third kappa shape index (κ3) is 4.30. The molecule has 0 saturated carbocycles. The average Bonchev–Trinajstić information content (AvgIpc) is 3.00. The second-order valence-electron chi connectivity index (χ2n) is 7.12. The number of carbonyl (C=O) groups is 1. The molecule has 1 N–H and O–H groups in total. The van der Waals surface area contributed by atoms with E-state index >= 15 is 0 Å². The van der Waals surface area contributed by atoms with E-state index in [4.69, 9.17) is 0 Å². The highest BCUT2D eigenvalue weighted by Gasteiger charge is 2.14. The lowest BCUT2D eigenvalue weighted by Crippen LogP contribution is -2.14. The highest BCUT2D eigenvalue weighted by molar-refractivity contribution is 6.10. The van der Waals surface area contributed by atoms with E-state index < -0.39 is 5.91 Å². The Balaban J connectivity index is 1.93. The number of nitrogens with one attached hydrogen (secondary N) is 1. The number of nitrogens with zero attached hydrogens (tertiary/aromatic N) is 2. The number of carbonyl (C=O) groups excluding carboxylic acids is 1. The SMILES string of the molecule is CCc1ccc(-n2c(C)cc(/C=C(\C#N)C(=O)Nc3ccccc3C)c2C)cc1. The van der Waals surface area contributed by atoms with Crippen molar-refractivity contribution < 1.29 is 4.79 Å². The average molecular weight is 383 g/mol. The van der Waals surface area contributed by atoms with Crippen LogP contribution in [-0.2, 0) is 11.2 Å². The summed E-state index contributed by atoms with van der Waals surface area (Å²) in [7, 11) is 0. The van der Waals surface area contributed by atoms with Gasteiger partial charge in [-0.15, -0.1) is 0 Å². The van der Waals surface area contributed by atoms with E-state index in [9.17, 15) is 10.1 Å². The van der Waals surface area contributed by atoms with Crippen LogP contribution in [0.15, 0.2) is 60.2 Å². The molecule has 1 amide bonds. The molecule has 0 aliphatic heterocycles. The highest BCUT2D eigenvalue weighted by Crippen LogP contribution is 2.24. The van der Waals surface area contributed by atoms with Crippen molar-refractivity contribution in [2.75, 3.05) is 5.32 Å². The minimum absolute atomic E-state index is 0.0785. The molecule has 3 rings (SSSR count). The van der Waals surface area contributed by atoms with Gasteiger partial charge in [-0.1, -0.05) is 37.3 Å². The maximum absolute atomic E-state index is 12.6. The summed E-state index contributed by atoms with van der Waals surface area (Å²) in [5.41, 5.74) is 6.99. The van der Waals surface area contributed by atoms with Gasteiger partial charge in [0, 0.05) is 22.8 Å².